The molecule has 6 nitrogen and oxygen atoms in total. The Morgan fingerprint density at radius 2 is 2.40 bits per heavy atom. The van der Waals surface area contributed by atoms with Crippen LogP contribution in [0, 0.1) is 6.92 Å². The molecule has 0 bridgehead atoms. The minimum Gasteiger partial charge on any atom is -0.480 e. The van der Waals surface area contributed by atoms with Gasteiger partial charge in [-0.05, 0) is 13.3 Å². The van der Waals surface area contributed by atoms with E-state index in [4.69, 9.17) is 9.63 Å². The first kappa shape index (κ1) is 11.6. The fraction of sp³-hybridized carbons (Fsp3) is 0.667. The molecular formula is C9H15N3O3. The standard InChI is InChI=1S/C9H15N3O3/c1-3-7(9(13)14)10-5-4-8-11-6(2)12-15-8/h7,10H,3-5H2,1-2H3,(H,13,14). The SMILES string of the molecule is CCC(NCCc1nc(C)no1)C(=O)O. The number of carboxylic acid groups (broad SMARTS) is 1. The lowest BCUT2D eigenvalue weighted by Crippen LogP contribution is -2.37. The predicted octanol–water partition coefficient (Wildman–Crippen LogP) is 0.373. The number of aryl methyl sites for hydroxylation is 1. The van der Waals surface area contributed by atoms with Gasteiger partial charge in [-0.15, -0.1) is 0 Å². The molecule has 1 rings (SSSR count). The van der Waals surface area contributed by atoms with E-state index in [-0.39, 0.29) is 0 Å². The fourth-order valence-corrected chi connectivity index (χ4v) is 1.20. The second-order valence-corrected chi connectivity index (χ2v) is 3.24. The van der Waals surface area contributed by atoms with E-state index in [2.05, 4.69) is 15.5 Å². The Balaban J connectivity index is 2.29. The summed E-state index contributed by atoms with van der Waals surface area (Å²) in [4.78, 5) is 14.7. The zero-order valence-corrected chi connectivity index (χ0v) is 8.86. The van der Waals surface area contributed by atoms with Crippen LogP contribution in [-0.2, 0) is 11.2 Å². The van der Waals surface area contributed by atoms with Crippen molar-refractivity contribution in [3.05, 3.63) is 11.7 Å². The zero-order valence-electron chi connectivity index (χ0n) is 8.86. The largest absolute Gasteiger partial charge is 0.480 e. The molecule has 1 atom stereocenters. The lowest BCUT2D eigenvalue weighted by molar-refractivity contribution is -0.139. The quantitative estimate of drug-likeness (QED) is 0.710. The molecule has 0 saturated carbocycles. The molecule has 0 fully saturated rings. The fourth-order valence-electron chi connectivity index (χ4n) is 1.20. The molecule has 0 aliphatic carbocycles. The highest BCUT2D eigenvalue weighted by Crippen LogP contribution is 1.97. The van der Waals surface area contributed by atoms with Crippen LogP contribution in [0.2, 0.25) is 0 Å². The van der Waals surface area contributed by atoms with Crippen LogP contribution in [0.25, 0.3) is 0 Å². The van der Waals surface area contributed by atoms with E-state index >= 15 is 0 Å². The molecule has 6 heteroatoms. The molecular weight excluding hydrogens is 198 g/mol. The first-order valence-electron chi connectivity index (χ1n) is 4.89. The van der Waals surface area contributed by atoms with Gasteiger partial charge in [0.2, 0.25) is 5.89 Å². The van der Waals surface area contributed by atoms with Crippen LogP contribution in [-0.4, -0.2) is 33.8 Å². The van der Waals surface area contributed by atoms with E-state index in [0.717, 1.165) is 0 Å². The number of aliphatic carboxylic acids is 1. The maximum atomic E-state index is 10.7. The smallest absolute Gasteiger partial charge is 0.320 e. The van der Waals surface area contributed by atoms with Crippen LogP contribution in [0.4, 0.5) is 0 Å². The minimum atomic E-state index is -0.834. The molecule has 2 N–H and O–H groups in total. The molecule has 0 spiro atoms. The van der Waals surface area contributed by atoms with E-state index in [0.29, 0.717) is 31.1 Å². The third-order valence-corrected chi connectivity index (χ3v) is 2.01. The molecule has 0 amide bonds. The number of nitrogens with zero attached hydrogens (tertiary/aromatic N) is 2. The van der Waals surface area contributed by atoms with Crippen LogP contribution >= 0.6 is 0 Å². The lowest BCUT2D eigenvalue weighted by Gasteiger charge is -2.10. The minimum absolute atomic E-state index is 0.506. The Kier molecular flexibility index (Phi) is 4.23. The first-order valence-corrected chi connectivity index (χ1v) is 4.89. The van der Waals surface area contributed by atoms with Gasteiger partial charge in [-0.1, -0.05) is 12.1 Å². The second-order valence-electron chi connectivity index (χ2n) is 3.24. The topological polar surface area (TPSA) is 88.3 Å². The molecule has 1 aromatic heterocycles. The Morgan fingerprint density at radius 1 is 1.67 bits per heavy atom. The van der Waals surface area contributed by atoms with Crippen LogP contribution in [0.5, 0.6) is 0 Å². The molecule has 1 aromatic rings. The van der Waals surface area contributed by atoms with E-state index in [1.54, 1.807) is 6.92 Å². The normalized spacial score (nSPS) is 12.7. The van der Waals surface area contributed by atoms with Gasteiger partial charge in [0.1, 0.15) is 6.04 Å². The molecule has 0 aliphatic rings. The number of carboxylic acids is 1. The Hall–Kier alpha value is -1.43. The van der Waals surface area contributed by atoms with Gasteiger partial charge in [0.05, 0.1) is 0 Å². The van der Waals surface area contributed by atoms with Crippen molar-refractivity contribution in [2.24, 2.45) is 0 Å². The second kappa shape index (κ2) is 5.45. The van der Waals surface area contributed by atoms with Gasteiger partial charge in [0.15, 0.2) is 5.82 Å². The predicted molar refractivity (Wildman–Crippen MR) is 52.5 cm³/mol. The molecule has 15 heavy (non-hydrogen) atoms. The molecule has 0 aromatic carbocycles. The highest BCUT2D eigenvalue weighted by atomic mass is 16.5. The Labute approximate surface area is 87.7 Å². The Morgan fingerprint density at radius 3 is 2.87 bits per heavy atom. The van der Waals surface area contributed by atoms with E-state index in [9.17, 15) is 4.79 Å². The van der Waals surface area contributed by atoms with Crippen molar-refractivity contribution in [1.29, 1.82) is 0 Å². The summed E-state index contributed by atoms with van der Waals surface area (Å²) < 4.78 is 4.89. The van der Waals surface area contributed by atoms with Crippen molar-refractivity contribution >= 4 is 5.97 Å². The monoisotopic (exact) mass is 213 g/mol. The van der Waals surface area contributed by atoms with Gasteiger partial charge in [0, 0.05) is 13.0 Å². The summed E-state index contributed by atoms with van der Waals surface area (Å²) in [7, 11) is 0. The van der Waals surface area contributed by atoms with E-state index in [1.807, 2.05) is 6.92 Å². The summed E-state index contributed by atoms with van der Waals surface area (Å²) in [5.74, 6) is 0.287. The van der Waals surface area contributed by atoms with Gasteiger partial charge < -0.3 is 14.9 Å². The maximum absolute atomic E-state index is 10.7. The van der Waals surface area contributed by atoms with Crippen molar-refractivity contribution < 1.29 is 14.4 Å². The van der Waals surface area contributed by atoms with Crippen LogP contribution in [0.15, 0.2) is 4.52 Å². The summed E-state index contributed by atoms with van der Waals surface area (Å²) in [5, 5.41) is 15.3. The molecule has 1 heterocycles. The van der Waals surface area contributed by atoms with Crippen LogP contribution < -0.4 is 5.32 Å². The number of aromatic nitrogens is 2. The molecule has 1 unspecified atom stereocenters. The van der Waals surface area contributed by atoms with Gasteiger partial charge >= 0.3 is 5.97 Å². The lowest BCUT2D eigenvalue weighted by atomic mass is 10.2. The van der Waals surface area contributed by atoms with Gasteiger partial charge in [-0.3, -0.25) is 4.79 Å². The third-order valence-electron chi connectivity index (χ3n) is 2.01. The van der Waals surface area contributed by atoms with Crippen molar-refractivity contribution in [2.45, 2.75) is 32.7 Å². The first-order chi connectivity index (χ1) is 7.13. The van der Waals surface area contributed by atoms with Gasteiger partial charge in [-0.2, -0.15) is 4.98 Å². The van der Waals surface area contributed by atoms with Gasteiger partial charge in [0.25, 0.3) is 0 Å². The van der Waals surface area contributed by atoms with E-state index in [1.165, 1.54) is 0 Å². The highest BCUT2D eigenvalue weighted by Gasteiger charge is 2.13. The zero-order chi connectivity index (χ0) is 11.3. The number of hydrogen-bond donors (Lipinski definition) is 2. The number of nitrogens with one attached hydrogen (secondary N) is 1. The number of hydrogen-bond acceptors (Lipinski definition) is 5. The van der Waals surface area contributed by atoms with E-state index < -0.39 is 12.0 Å². The van der Waals surface area contributed by atoms with Crippen LogP contribution in [0.3, 0.4) is 0 Å². The van der Waals surface area contributed by atoms with Crippen molar-refractivity contribution in [3.8, 4) is 0 Å². The maximum Gasteiger partial charge on any atom is 0.320 e. The van der Waals surface area contributed by atoms with Crippen LogP contribution in [0.1, 0.15) is 25.1 Å². The van der Waals surface area contributed by atoms with Gasteiger partial charge in [-0.25, -0.2) is 0 Å². The summed E-state index contributed by atoms with van der Waals surface area (Å²) >= 11 is 0. The van der Waals surface area contributed by atoms with Crippen molar-refractivity contribution in [3.63, 3.8) is 0 Å². The molecule has 0 aliphatic heterocycles. The average molecular weight is 213 g/mol. The van der Waals surface area contributed by atoms with Crippen molar-refractivity contribution in [1.82, 2.24) is 15.5 Å². The summed E-state index contributed by atoms with van der Waals surface area (Å²) in [5.41, 5.74) is 0. The Bertz CT molecular complexity index is 324. The molecule has 0 radical (unpaired) electrons. The molecule has 0 saturated heterocycles. The highest BCUT2D eigenvalue weighted by molar-refractivity contribution is 5.73. The summed E-state index contributed by atoms with van der Waals surface area (Å²) in [6.45, 7) is 4.08. The van der Waals surface area contributed by atoms with Crippen molar-refractivity contribution in [2.75, 3.05) is 6.54 Å². The average Bonchev–Trinajstić information content (AvgIpc) is 2.58. The number of carbonyl (C=O) groups is 1. The number of rotatable bonds is 6. The molecule has 84 valence electrons. The summed E-state index contributed by atoms with van der Waals surface area (Å²) in [6, 6.07) is -0.506. The third kappa shape index (κ3) is 3.67. The summed E-state index contributed by atoms with van der Waals surface area (Å²) in [6.07, 6.45) is 1.10.